The van der Waals surface area contributed by atoms with Crippen molar-refractivity contribution in [2.45, 2.75) is 0 Å². The molecule has 0 unspecified atom stereocenters. The summed E-state index contributed by atoms with van der Waals surface area (Å²) >= 11 is 0. The Morgan fingerprint density at radius 3 is 2.53 bits per heavy atom. The highest BCUT2D eigenvalue weighted by atomic mass is 19.1. The normalized spacial score (nSPS) is 9.94. The summed E-state index contributed by atoms with van der Waals surface area (Å²) in [6.07, 6.45) is 0. The molecule has 0 atom stereocenters. The molecule has 4 heteroatoms. The lowest BCUT2D eigenvalue weighted by molar-refractivity contribution is 0.102. The molecule has 0 aliphatic rings. The Balaban J connectivity index is 2.22. The minimum Gasteiger partial charge on any atom is -0.506 e. The van der Waals surface area contributed by atoms with Crippen LogP contribution in [0, 0.1) is 5.82 Å². The van der Waals surface area contributed by atoms with Gasteiger partial charge >= 0.3 is 0 Å². The average molecular weight is 231 g/mol. The van der Waals surface area contributed by atoms with E-state index in [1.165, 1.54) is 6.07 Å². The summed E-state index contributed by atoms with van der Waals surface area (Å²) in [5.74, 6) is -1.09. The third-order valence-corrected chi connectivity index (χ3v) is 2.24. The molecule has 0 saturated heterocycles. The molecule has 1 amide bonds. The Hall–Kier alpha value is -2.36. The highest BCUT2D eigenvalue weighted by Crippen LogP contribution is 2.23. The topological polar surface area (TPSA) is 49.3 Å². The lowest BCUT2D eigenvalue weighted by Gasteiger charge is -2.07. The van der Waals surface area contributed by atoms with Crippen molar-refractivity contribution >= 4 is 11.6 Å². The van der Waals surface area contributed by atoms with Crippen molar-refractivity contribution in [1.29, 1.82) is 0 Å². The minimum absolute atomic E-state index is 0.0545. The van der Waals surface area contributed by atoms with E-state index >= 15 is 0 Å². The maximum Gasteiger partial charge on any atom is 0.255 e. The second kappa shape index (κ2) is 4.65. The van der Waals surface area contributed by atoms with E-state index in [0.717, 1.165) is 12.1 Å². The molecule has 0 aromatic heterocycles. The Morgan fingerprint density at radius 2 is 1.82 bits per heavy atom. The zero-order valence-corrected chi connectivity index (χ0v) is 8.85. The molecule has 0 fully saturated rings. The lowest BCUT2D eigenvalue weighted by Crippen LogP contribution is -2.11. The van der Waals surface area contributed by atoms with E-state index in [2.05, 4.69) is 5.32 Å². The highest BCUT2D eigenvalue weighted by Gasteiger charge is 2.08. The second-order valence-corrected chi connectivity index (χ2v) is 3.48. The number of hydrogen-bond acceptors (Lipinski definition) is 2. The van der Waals surface area contributed by atoms with Crippen LogP contribution in [0.15, 0.2) is 48.5 Å². The predicted molar refractivity (Wildman–Crippen MR) is 62.5 cm³/mol. The summed E-state index contributed by atoms with van der Waals surface area (Å²) in [5.41, 5.74) is 0.495. The number of carbonyl (C=O) groups excluding carboxylic acids is 1. The van der Waals surface area contributed by atoms with Crippen molar-refractivity contribution in [2.75, 3.05) is 5.32 Å². The molecule has 0 bridgehead atoms. The van der Waals surface area contributed by atoms with Crippen LogP contribution in [0.4, 0.5) is 10.1 Å². The molecule has 0 heterocycles. The van der Waals surface area contributed by atoms with Crippen LogP contribution in [0.2, 0.25) is 0 Å². The number of aromatic hydroxyl groups is 1. The van der Waals surface area contributed by atoms with Gasteiger partial charge in [0, 0.05) is 11.6 Å². The number of hydrogen-bond donors (Lipinski definition) is 2. The summed E-state index contributed by atoms with van der Waals surface area (Å²) in [5, 5.41) is 11.9. The van der Waals surface area contributed by atoms with Gasteiger partial charge in [0.05, 0.1) is 5.69 Å². The molecule has 3 nitrogen and oxygen atoms in total. The number of rotatable bonds is 2. The monoisotopic (exact) mass is 231 g/mol. The fraction of sp³-hybridized carbons (Fsp3) is 0. The number of phenols is 1. The van der Waals surface area contributed by atoms with Gasteiger partial charge in [-0.05, 0) is 24.3 Å². The van der Waals surface area contributed by atoms with Crippen LogP contribution in [0.5, 0.6) is 5.75 Å². The van der Waals surface area contributed by atoms with E-state index in [0.29, 0.717) is 5.56 Å². The molecule has 2 aromatic rings. The van der Waals surface area contributed by atoms with Gasteiger partial charge in [0.1, 0.15) is 11.6 Å². The standard InChI is InChI=1S/C13H10FNO2/c14-10-6-7-12(16)11(8-10)15-13(17)9-4-2-1-3-5-9/h1-8,16H,(H,15,17). The minimum atomic E-state index is -0.522. The van der Waals surface area contributed by atoms with Crippen LogP contribution in [-0.4, -0.2) is 11.0 Å². The van der Waals surface area contributed by atoms with Crippen molar-refractivity contribution < 1.29 is 14.3 Å². The summed E-state index contributed by atoms with van der Waals surface area (Å²) in [7, 11) is 0. The van der Waals surface area contributed by atoms with Crippen molar-refractivity contribution in [3.05, 3.63) is 59.9 Å². The van der Waals surface area contributed by atoms with Gasteiger partial charge in [-0.1, -0.05) is 18.2 Å². The van der Waals surface area contributed by atoms with Gasteiger partial charge in [0.2, 0.25) is 0 Å². The fourth-order valence-electron chi connectivity index (χ4n) is 1.39. The first-order chi connectivity index (χ1) is 8.16. The van der Waals surface area contributed by atoms with Gasteiger partial charge in [0.15, 0.2) is 0 Å². The van der Waals surface area contributed by atoms with Gasteiger partial charge in [0.25, 0.3) is 5.91 Å². The number of nitrogens with one attached hydrogen (secondary N) is 1. The molecule has 0 spiro atoms. The molecule has 0 radical (unpaired) electrons. The second-order valence-electron chi connectivity index (χ2n) is 3.48. The van der Waals surface area contributed by atoms with E-state index in [9.17, 15) is 14.3 Å². The van der Waals surface area contributed by atoms with Crippen LogP contribution in [0.25, 0.3) is 0 Å². The average Bonchev–Trinajstić information content (AvgIpc) is 2.35. The first-order valence-corrected chi connectivity index (χ1v) is 5.02. The van der Waals surface area contributed by atoms with Crippen LogP contribution < -0.4 is 5.32 Å². The molecule has 0 aliphatic carbocycles. The number of halogens is 1. The first kappa shape index (κ1) is 11.1. The zero-order valence-electron chi connectivity index (χ0n) is 8.85. The molecule has 17 heavy (non-hydrogen) atoms. The third kappa shape index (κ3) is 2.60. The Labute approximate surface area is 97.5 Å². The van der Waals surface area contributed by atoms with Crippen molar-refractivity contribution in [3.8, 4) is 5.75 Å². The molecule has 0 saturated carbocycles. The number of benzene rings is 2. The summed E-state index contributed by atoms with van der Waals surface area (Å²) in [4.78, 5) is 11.7. The third-order valence-electron chi connectivity index (χ3n) is 2.24. The highest BCUT2D eigenvalue weighted by molar-refractivity contribution is 6.04. The number of phenolic OH excluding ortho intramolecular Hbond substituents is 1. The zero-order chi connectivity index (χ0) is 12.3. The maximum absolute atomic E-state index is 12.9. The first-order valence-electron chi connectivity index (χ1n) is 5.02. The van der Waals surface area contributed by atoms with Gasteiger partial charge < -0.3 is 10.4 Å². The van der Waals surface area contributed by atoms with Crippen molar-refractivity contribution in [3.63, 3.8) is 0 Å². The van der Waals surface area contributed by atoms with Crippen LogP contribution in [0.3, 0.4) is 0 Å². The molecular weight excluding hydrogens is 221 g/mol. The molecular formula is C13H10FNO2. The van der Waals surface area contributed by atoms with E-state index in [1.807, 2.05) is 0 Å². The SMILES string of the molecule is O=C(Nc1cc(F)ccc1O)c1ccccc1. The Kier molecular flexibility index (Phi) is 3.05. The fourth-order valence-corrected chi connectivity index (χ4v) is 1.39. The van der Waals surface area contributed by atoms with Gasteiger partial charge in [-0.3, -0.25) is 4.79 Å². The van der Waals surface area contributed by atoms with Gasteiger partial charge in [-0.25, -0.2) is 4.39 Å². The molecule has 2 aromatic carbocycles. The summed E-state index contributed by atoms with van der Waals surface area (Å²) < 4.78 is 12.9. The molecule has 2 N–H and O–H groups in total. The van der Waals surface area contributed by atoms with E-state index in [4.69, 9.17) is 0 Å². The number of carbonyl (C=O) groups is 1. The smallest absolute Gasteiger partial charge is 0.255 e. The van der Waals surface area contributed by atoms with Crippen LogP contribution >= 0.6 is 0 Å². The number of amides is 1. The maximum atomic E-state index is 12.9. The summed E-state index contributed by atoms with van der Waals surface area (Å²) in [6.45, 7) is 0. The summed E-state index contributed by atoms with van der Waals surface area (Å²) in [6, 6.07) is 11.9. The Morgan fingerprint density at radius 1 is 1.12 bits per heavy atom. The van der Waals surface area contributed by atoms with Gasteiger partial charge in [-0.15, -0.1) is 0 Å². The largest absolute Gasteiger partial charge is 0.506 e. The van der Waals surface area contributed by atoms with Gasteiger partial charge in [-0.2, -0.15) is 0 Å². The van der Waals surface area contributed by atoms with Crippen molar-refractivity contribution in [2.24, 2.45) is 0 Å². The Bertz CT molecular complexity index is 540. The van der Waals surface area contributed by atoms with E-state index < -0.39 is 11.7 Å². The lowest BCUT2D eigenvalue weighted by atomic mass is 10.2. The van der Waals surface area contributed by atoms with Crippen LogP contribution in [0.1, 0.15) is 10.4 Å². The van der Waals surface area contributed by atoms with E-state index in [-0.39, 0.29) is 11.4 Å². The quantitative estimate of drug-likeness (QED) is 0.781. The number of anilines is 1. The predicted octanol–water partition coefficient (Wildman–Crippen LogP) is 2.78. The molecule has 2 rings (SSSR count). The van der Waals surface area contributed by atoms with E-state index in [1.54, 1.807) is 30.3 Å². The molecule has 86 valence electrons. The molecule has 0 aliphatic heterocycles. The van der Waals surface area contributed by atoms with Crippen LogP contribution in [-0.2, 0) is 0 Å². The van der Waals surface area contributed by atoms with Crippen molar-refractivity contribution in [1.82, 2.24) is 0 Å².